The van der Waals surface area contributed by atoms with Gasteiger partial charge in [0.05, 0.1) is 0 Å². The third-order valence-corrected chi connectivity index (χ3v) is 4.89. The fourth-order valence-electron chi connectivity index (χ4n) is 2.40. The summed E-state index contributed by atoms with van der Waals surface area (Å²) in [6.45, 7) is 2.54. The van der Waals surface area contributed by atoms with Crippen LogP contribution in [0.5, 0.6) is 5.88 Å². The van der Waals surface area contributed by atoms with Crippen LogP contribution in [0.2, 0.25) is 0 Å². The normalized spacial score (nSPS) is 17.0. The zero-order chi connectivity index (χ0) is 16.1. The summed E-state index contributed by atoms with van der Waals surface area (Å²) < 4.78 is 5.90. The van der Waals surface area contributed by atoms with Gasteiger partial charge in [-0.05, 0) is 36.8 Å². The van der Waals surface area contributed by atoms with E-state index in [2.05, 4.69) is 10.3 Å². The number of benzene rings is 1. The van der Waals surface area contributed by atoms with Gasteiger partial charge in [-0.15, -0.1) is 0 Å². The molecule has 0 bridgehead atoms. The number of carbonyl (C=O) groups excluding carboxylic acids is 1. The first-order valence-electron chi connectivity index (χ1n) is 7.75. The van der Waals surface area contributed by atoms with Gasteiger partial charge < -0.3 is 10.1 Å². The summed E-state index contributed by atoms with van der Waals surface area (Å²) in [5.41, 5.74) is 2.77. The molecule has 120 valence electrons. The second-order valence-corrected chi connectivity index (χ2v) is 6.78. The highest BCUT2D eigenvalue weighted by Crippen LogP contribution is 2.24. The Bertz CT molecular complexity index is 667. The molecule has 1 saturated heterocycles. The molecular weight excluding hydrogens is 308 g/mol. The Hall–Kier alpha value is -2.01. The summed E-state index contributed by atoms with van der Waals surface area (Å²) in [6.07, 6.45) is 2.82. The van der Waals surface area contributed by atoms with Crippen molar-refractivity contribution in [1.29, 1.82) is 0 Å². The van der Waals surface area contributed by atoms with Gasteiger partial charge >= 0.3 is 0 Å². The highest BCUT2D eigenvalue weighted by molar-refractivity contribution is 7.99. The minimum atomic E-state index is -0.153. The fourth-order valence-corrected chi connectivity index (χ4v) is 3.50. The molecule has 5 heteroatoms. The second kappa shape index (κ2) is 7.51. The van der Waals surface area contributed by atoms with E-state index in [4.69, 9.17) is 4.74 Å². The molecule has 3 rings (SSSR count). The molecule has 1 aromatic carbocycles. The average molecular weight is 328 g/mol. The van der Waals surface area contributed by atoms with Gasteiger partial charge in [-0.25, -0.2) is 4.98 Å². The van der Waals surface area contributed by atoms with Crippen molar-refractivity contribution in [1.82, 2.24) is 10.3 Å². The maximum atomic E-state index is 12.4. The standard InChI is InChI=1S/C18H20N2O2S/c1-13-4-6-14(7-5-13)11-20-17(21)16-3-2-9-19-18(16)22-15-8-10-23-12-15/h2-7,9,15H,8,10-12H2,1H3,(H,20,21). The minimum Gasteiger partial charge on any atom is -0.473 e. The Morgan fingerprint density at radius 1 is 1.35 bits per heavy atom. The van der Waals surface area contributed by atoms with E-state index in [1.807, 2.05) is 43.0 Å². The van der Waals surface area contributed by atoms with Gasteiger partial charge in [-0.3, -0.25) is 4.79 Å². The lowest BCUT2D eigenvalue weighted by molar-refractivity contribution is 0.0943. The number of thioether (sulfide) groups is 1. The number of nitrogens with zero attached hydrogens (tertiary/aromatic N) is 1. The molecule has 1 aliphatic heterocycles. The number of aromatic nitrogens is 1. The minimum absolute atomic E-state index is 0.151. The number of rotatable bonds is 5. The topological polar surface area (TPSA) is 51.2 Å². The van der Waals surface area contributed by atoms with E-state index in [1.165, 1.54) is 5.56 Å². The molecule has 4 nitrogen and oxygen atoms in total. The molecule has 0 radical (unpaired) electrons. The highest BCUT2D eigenvalue weighted by atomic mass is 32.2. The van der Waals surface area contributed by atoms with Crippen molar-refractivity contribution in [2.24, 2.45) is 0 Å². The molecule has 1 N–H and O–H groups in total. The Kier molecular flexibility index (Phi) is 5.18. The summed E-state index contributed by atoms with van der Waals surface area (Å²) in [5.74, 6) is 2.34. The van der Waals surface area contributed by atoms with Crippen molar-refractivity contribution in [2.75, 3.05) is 11.5 Å². The Balaban J connectivity index is 1.65. The zero-order valence-electron chi connectivity index (χ0n) is 13.1. The zero-order valence-corrected chi connectivity index (χ0v) is 13.9. The first kappa shape index (κ1) is 15.9. The summed E-state index contributed by atoms with van der Waals surface area (Å²) in [6, 6.07) is 11.6. The number of hydrogen-bond acceptors (Lipinski definition) is 4. The Morgan fingerprint density at radius 3 is 2.91 bits per heavy atom. The van der Waals surface area contributed by atoms with Crippen LogP contribution in [0, 0.1) is 6.92 Å². The van der Waals surface area contributed by atoms with Crippen LogP contribution >= 0.6 is 11.8 Å². The van der Waals surface area contributed by atoms with Gasteiger partial charge in [0.2, 0.25) is 5.88 Å². The quantitative estimate of drug-likeness (QED) is 0.916. The van der Waals surface area contributed by atoms with Crippen LogP contribution in [0.25, 0.3) is 0 Å². The first-order chi connectivity index (χ1) is 11.2. The second-order valence-electron chi connectivity index (χ2n) is 5.63. The van der Waals surface area contributed by atoms with Crippen molar-refractivity contribution >= 4 is 17.7 Å². The molecule has 1 unspecified atom stereocenters. The van der Waals surface area contributed by atoms with Crippen LogP contribution in [-0.2, 0) is 6.54 Å². The summed E-state index contributed by atoms with van der Waals surface area (Å²) >= 11 is 1.87. The van der Waals surface area contributed by atoms with Gasteiger partial charge in [0.15, 0.2) is 0 Å². The molecule has 23 heavy (non-hydrogen) atoms. The number of amides is 1. The predicted molar refractivity (Wildman–Crippen MR) is 92.9 cm³/mol. The predicted octanol–water partition coefficient (Wildman–Crippen LogP) is 3.20. The van der Waals surface area contributed by atoms with Crippen LogP contribution in [0.1, 0.15) is 27.9 Å². The molecule has 0 spiro atoms. The molecule has 0 saturated carbocycles. The lowest BCUT2D eigenvalue weighted by Crippen LogP contribution is -2.25. The molecule has 2 aromatic rings. The number of carbonyl (C=O) groups is 1. The lowest BCUT2D eigenvalue weighted by atomic mass is 10.1. The van der Waals surface area contributed by atoms with E-state index in [0.29, 0.717) is 18.0 Å². The monoisotopic (exact) mass is 328 g/mol. The summed E-state index contributed by atoms with van der Waals surface area (Å²) in [7, 11) is 0. The van der Waals surface area contributed by atoms with E-state index >= 15 is 0 Å². The number of nitrogens with one attached hydrogen (secondary N) is 1. The Morgan fingerprint density at radius 2 is 2.17 bits per heavy atom. The SMILES string of the molecule is Cc1ccc(CNC(=O)c2cccnc2OC2CCSC2)cc1. The maximum Gasteiger partial charge on any atom is 0.257 e. The van der Waals surface area contributed by atoms with Gasteiger partial charge in [0, 0.05) is 18.5 Å². The lowest BCUT2D eigenvalue weighted by Gasteiger charge is -2.14. The van der Waals surface area contributed by atoms with Gasteiger partial charge in [0.25, 0.3) is 5.91 Å². The third-order valence-electron chi connectivity index (χ3n) is 3.76. The molecule has 2 heterocycles. The van der Waals surface area contributed by atoms with Crippen molar-refractivity contribution in [3.63, 3.8) is 0 Å². The largest absolute Gasteiger partial charge is 0.473 e. The molecule has 1 aliphatic rings. The number of aryl methyl sites for hydroxylation is 1. The van der Waals surface area contributed by atoms with Crippen LogP contribution in [0.3, 0.4) is 0 Å². The molecular formula is C18H20N2O2S. The Labute approximate surface area is 140 Å². The fraction of sp³-hybridized carbons (Fsp3) is 0.333. The van der Waals surface area contributed by atoms with E-state index in [1.54, 1.807) is 18.3 Å². The van der Waals surface area contributed by atoms with E-state index in [9.17, 15) is 4.79 Å². The molecule has 0 aliphatic carbocycles. The molecule has 1 fully saturated rings. The maximum absolute atomic E-state index is 12.4. The van der Waals surface area contributed by atoms with Crippen LogP contribution in [0.15, 0.2) is 42.6 Å². The van der Waals surface area contributed by atoms with Gasteiger partial charge in [-0.2, -0.15) is 11.8 Å². The van der Waals surface area contributed by atoms with Crippen molar-refractivity contribution < 1.29 is 9.53 Å². The van der Waals surface area contributed by atoms with Crippen LogP contribution in [0.4, 0.5) is 0 Å². The summed E-state index contributed by atoms with van der Waals surface area (Å²) in [4.78, 5) is 16.7. The van der Waals surface area contributed by atoms with Crippen LogP contribution in [-0.4, -0.2) is 28.5 Å². The molecule has 1 atom stereocenters. The van der Waals surface area contributed by atoms with Crippen molar-refractivity contribution in [3.8, 4) is 5.88 Å². The smallest absolute Gasteiger partial charge is 0.257 e. The van der Waals surface area contributed by atoms with Crippen LogP contribution < -0.4 is 10.1 Å². The highest BCUT2D eigenvalue weighted by Gasteiger charge is 2.21. The van der Waals surface area contributed by atoms with Crippen molar-refractivity contribution in [2.45, 2.75) is 26.0 Å². The van der Waals surface area contributed by atoms with Gasteiger partial charge in [-0.1, -0.05) is 29.8 Å². The van der Waals surface area contributed by atoms with E-state index < -0.39 is 0 Å². The first-order valence-corrected chi connectivity index (χ1v) is 8.91. The summed E-state index contributed by atoms with van der Waals surface area (Å²) in [5, 5.41) is 2.94. The number of hydrogen-bond donors (Lipinski definition) is 1. The van der Waals surface area contributed by atoms with E-state index in [-0.39, 0.29) is 12.0 Å². The molecule has 1 amide bonds. The van der Waals surface area contributed by atoms with Gasteiger partial charge in [0.1, 0.15) is 11.7 Å². The van der Waals surface area contributed by atoms with Crippen molar-refractivity contribution in [3.05, 3.63) is 59.3 Å². The van der Waals surface area contributed by atoms with E-state index in [0.717, 1.165) is 23.5 Å². The average Bonchev–Trinajstić information content (AvgIpc) is 3.07. The third kappa shape index (κ3) is 4.26. The molecule has 1 aromatic heterocycles. The number of ether oxygens (including phenoxy) is 1. The number of pyridine rings is 1.